The third-order valence-corrected chi connectivity index (χ3v) is 4.96. The maximum absolute atomic E-state index is 12.9. The third kappa shape index (κ3) is 4.84. The highest BCUT2D eigenvalue weighted by molar-refractivity contribution is 8.00. The first kappa shape index (κ1) is 18.5. The molecule has 6 heteroatoms. The second-order valence-corrected chi connectivity index (χ2v) is 8.80. The van der Waals surface area contributed by atoms with Gasteiger partial charge in [-0.15, -0.1) is 11.8 Å². The van der Waals surface area contributed by atoms with E-state index in [1.807, 2.05) is 34.6 Å². The Kier molecular flexibility index (Phi) is 5.38. The van der Waals surface area contributed by atoms with Gasteiger partial charge in [0.1, 0.15) is 5.82 Å². The largest absolute Gasteiger partial charge is 0.338 e. The monoisotopic (exact) mass is 350 g/mol. The molecule has 0 atom stereocenters. The highest BCUT2D eigenvalue weighted by Gasteiger charge is 2.29. The van der Waals surface area contributed by atoms with Crippen LogP contribution >= 0.6 is 11.8 Å². The number of hydrogen-bond donors (Lipinski definition) is 1. The van der Waals surface area contributed by atoms with Crippen LogP contribution in [0.15, 0.2) is 34.9 Å². The van der Waals surface area contributed by atoms with Crippen LogP contribution in [0.4, 0.5) is 10.3 Å². The molecule has 1 N–H and O–H groups in total. The lowest BCUT2D eigenvalue weighted by Gasteiger charge is -2.22. The van der Waals surface area contributed by atoms with Crippen LogP contribution < -0.4 is 5.32 Å². The predicted octanol–water partition coefficient (Wildman–Crippen LogP) is 4.76. The van der Waals surface area contributed by atoms with Gasteiger partial charge in [0.2, 0.25) is 11.8 Å². The molecular formula is C18H23FN2O2S. The number of aromatic nitrogens is 1. The Morgan fingerprint density at radius 1 is 1.21 bits per heavy atom. The number of carbonyl (C=O) groups is 1. The molecular weight excluding hydrogens is 327 g/mol. The summed E-state index contributed by atoms with van der Waals surface area (Å²) in [6.45, 7) is 9.77. The number of amides is 1. The normalized spacial score (nSPS) is 12.2. The summed E-state index contributed by atoms with van der Waals surface area (Å²) in [5.74, 6) is 0.539. The number of hydrogen-bond acceptors (Lipinski definition) is 4. The van der Waals surface area contributed by atoms with Crippen molar-refractivity contribution in [3.05, 3.63) is 47.4 Å². The van der Waals surface area contributed by atoms with Gasteiger partial charge >= 0.3 is 0 Å². The van der Waals surface area contributed by atoms with Crippen molar-refractivity contribution in [2.24, 2.45) is 0 Å². The van der Waals surface area contributed by atoms with Gasteiger partial charge in [0, 0.05) is 17.2 Å². The molecule has 0 saturated heterocycles. The van der Waals surface area contributed by atoms with Crippen molar-refractivity contribution in [3.8, 4) is 0 Å². The van der Waals surface area contributed by atoms with Crippen molar-refractivity contribution in [1.82, 2.24) is 5.16 Å². The highest BCUT2D eigenvalue weighted by Crippen LogP contribution is 2.30. The van der Waals surface area contributed by atoms with E-state index < -0.39 is 4.75 Å². The first-order valence-corrected chi connectivity index (χ1v) is 8.73. The van der Waals surface area contributed by atoms with Gasteiger partial charge in [-0.3, -0.25) is 10.1 Å². The molecule has 24 heavy (non-hydrogen) atoms. The number of halogens is 1. The van der Waals surface area contributed by atoms with Gasteiger partial charge in [-0.25, -0.2) is 4.39 Å². The molecule has 4 nitrogen and oxygen atoms in total. The average molecular weight is 350 g/mol. The van der Waals surface area contributed by atoms with E-state index in [2.05, 4.69) is 10.5 Å². The Morgan fingerprint density at radius 2 is 1.83 bits per heavy atom. The molecule has 0 bridgehead atoms. The number of benzene rings is 1. The molecule has 0 saturated carbocycles. The molecule has 0 aliphatic heterocycles. The summed E-state index contributed by atoms with van der Waals surface area (Å²) < 4.78 is 17.5. The Morgan fingerprint density at radius 3 is 2.38 bits per heavy atom. The van der Waals surface area contributed by atoms with Gasteiger partial charge < -0.3 is 4.52 Å². The highest BCUT2D eigenvalue weighted by atomic mass is 32.2. The molecule has 2 aromatic rings. The van der Waals surface area contributed by atoms with E-state index in [4.69, 9.17) is 4.52 Å². The maximum atomic E-state index is 12.9. The zero-order valence-corrected chi connectivity index (χ0v) is 15.5. The van der Waals surface area contributed by atoms with E-state index in [9.17, 15) is 9.18 Å². The van der Waals surface area contributed by atoms with Gasteiger partial charge in [-0.2, -0.15) is 0 Å². The number of anilines is 1. The summed E-state index contributed by atoms with van der Waals surface area (Å²) in [6, 6.07) is 8.04. The van der Waals surface area contributed by atoms with Crippen molar-refractivity contribution in [2.45, 2.75) is 50.5 Å². The van der Waals surface area contributed by atoms with Gasteiger partial charge in [-0.05, 0) is 31.5 Å². The lowest BCUT2D eigenvalue weighted by atomic mass is 9.92. The van der Waals surface area contributed by atoms with Crippen LogP contribution in [0.2, 0.25) is 0 Å². The summed E-state index contributed by atoms with van der Waals surface area (Å²) in [6.07, 6.45) is 0. The molecule has 1 amide bonds. The summed E-state index contributed by atoms with van der Waals surface area (Å²) in [4.78, 5) is 12.5. The molecule has 0 fully saturated rings. The topological polar surface area (TPSA) is 55.1 Å². The average Bonchev–Trinajstić information content (AvgIpc) is 2.95. The van der Waals surface area contributed by atoms with E-state index >= 15 is 0 Å². The summed E-state index contributed by atoms with van der Waals surface area (Å²) in [5.41, 5.74) is 1.62. The Balaban J connectivity index is 1.96. The quantitative estimate of drug-likeness (QED) is 0.844. The summed E-state index contributed by atoms with van der Waals surface area (Å²) in [5, 5.41) is 6.76. The number of carbonyl (C=O) groups excluding carboxylic acids is 1. The van der Waals surface area contributed by atoms with Crippen LogP contribution in [0.1, 0.15) is 45.9 Å². The van der Waals surface area contributed by atoms with Crippen molar-refractivity contribution in [1.29, 1.82) is 0 Å². The zero-order valence-electron chi connectivity index (χ0n) is 14.6. The van der Waals surface area contributed by atoms with E-state index in [0.717, 1.165) is 11.3 Å². The molecule has 0 aliphatic carbocycles. The Hall–Kier alpha value is -1.82. The van der Waals surface area contributed by atoms with Crippen LogP contribution in [-0.4, -0.2) is 15.8 Å². The summed E-state index contributed by atoms with van der Waals surface area (Å²) in [7, 11) is 0. The molecule has 2 rings (SSSR count). The SMILES string of the molecule is CC(C)(SCc1ccc(F)cc1)C(=O)Nc1cc(C(C)(C)C)no1. The fourth-order valence-electron chi connectivity index (χ4n) is 1.86. The molecule has 1 heterocycles. The minimum Gasteiger partial charge on any atom is -0.338 e. The number of nitrogens with one attached hydrogen (secondary N) is 1. The van der Waals surface area contributed by atoms with Gasteiger partial charge in [-0.1, -0.05) is 38.1 Å². The fourth-order valence-corrected chi connectivity index (χ4v) is 2.76. The molecule has 1 aromatic heterocycles. The third-order valence-electron chi connectivity index (χ3n) is 3.58. The lowest BCUT2D eigenvalue weighted by molar-refractivity contribution is -0.117. The second-order valence-electron chi connectivity index (χ2n) is 7.21. The van der Waals surface area contributed by atoms with Crippen LogP contribution in [0.3, 0.4) is 0 Å². The molecule has 130 valence electrons. The minimum atomic E-state index is -0.664. The van der Waals surface area contributed by atoms with Crippen molar-refractivity contribution in [3.63, 3.8) is 0 Å². The number of thioether (sulfide) groups is 1. The van der Waals surface area contributed by atoms with Crippen LogP contribution in [-0.2, 0) is 16.0 Å². The molecule has 0 aliphatic rings. The smallest absolute Gasteiger partial charge is 0.242 e. The van der Waals surface area contributed by atoms with E-state index in [-0.39, 0.29) is 17.1 Å². The number of nitrogens with zero attached hydrogens (tertiary/aromatic N) is 1. The van der Waals surface area contributed by atoms with Crippen LogP contribution in [0.5, 0.6) is 0 Å². The van der Waals surface area contributed by atoms with Crippen molar-refractivity contribution in [2.75, 3.05) is 5.32 Å². The predicted molar refractivity (Wildman–Crippen MR) is 95.6 cm³/mol. The van der Waals surface area contributed by atoms with Gasteiger partial charge in [0.25, 0.3) is 0 Å². The molecule has 0 unspecified atom stereocenters. The first-order valence-electron chi connectivity index (χ1n) is 7.75. The fraction of sp³-hybridized carbons (Fsp3) is 0.444. The second kappa shape index (κ2) is 6.97. The van der Waals surface area contributed by atoms with Crippen LogP contribution in [0, 0.1) is 5.82 Å². The summed E-state index contributed by atoms with van der Waals surface area (Å²) >= 11 is 1.48. The lowest BCUT2D eigenvalue weighted by Crippen LogP contribution is -2.34. The Labute approximate surface area is 146 Å². The van der Waals surface area contributed by atoms with Crippen molar-refractivity contribution >= 4 is 23.6 Å². The van der Waals surface area contributed by atoms with E-state index in [1.54, 1.807) is 18.2 Å². The zero-order chi connectivity index (χ0) is 18.0. The minimum absolute atomic E-state index is 0.140. The van der Waals surface area contributed by atoms with Crippen LogP contribution in [0.25, 0.3) is 0 Å². The number of rotatable bonds is 5. The standard InChI is InChI=1S/C18H23FN2O2S/c1-17(2,3)14-10-15(23-21-14)20-16(22)18(4,5)24-11-12-6-8-13(19)9-7-12/h6-10H,11H2,1-5H3,(H,20,22). The van der Waals surface area contributed by atoms with E-state index in [0.29, 0.717) is 11.6 Å². The van der Waals surface area contributed by atoms with Gasteiger partial charge in [0.05, 0.1) is 10.4 Å². The molecule has 0 spiro atoms. The van der Waals surface area contributed by atoms with Gasteiger partial charge in [0.15, 0.2) is 0 Å². The molecule has 1 aromatic carbocycles. The van der Waals surface area contributed by atoms with E-state index in [1.165, 1.54) is 23.9 Å². The molecule has 0 radical (unpaired) electrons. The Bertz CT molecular complexity index is 703. The first-order chi connectivity index (χ1) is 11.1. The maximum Gasteiger partial charge on any atom is 0.242 e. The van der Waals surface area contributed by atoms with Crippen molar-refractivity contribution < 1.29 is 13.7 Å².